The zero-order valence-corrected chi connectivity index (χ0v) is 25.7. The zero-order valence-electron chi connectivity index (χ0n) is 25.7. The van der Waals surface area contributed by atoms with Crippen LogP contribution in [0.15, 0.2) is 23.3 Å². The van der Waals surface area contributed by atoms with Gasteiger partial charge in [-0.3, -0.25) is 14.4 Å². The summed E-state index contributed by atoms with van der Waals surface area (Å²) < 4.78 is 16.4. The van der Waals surface area contributed by atoms with Crippen molar-refractivity contribution in [2.24, 2.45) is 40.4 Å². The summed E-state index contributed by atoms with van der Waals surface area (Å²) in [5.74, 6) is -0.203. The third-order valence-electron chi connectivity index (χ3n) is 11.3. The minimum absolute atomic E-state index is 0.00413. The Kier molecular flexibility index (Phi) is 8.67. The van der Waals surface area contributed by atoms with Crippen LogP contribution in [0.2, 0.25) is 0 Å². The van der Waals surface area contributed by atoms with Crippen LogP contribution in [0.4, 0.5) is 0 Å². The third kappa shape index (κ3) is 5.64. The third-order valence-corrected chi connectivity index (χ3v) is 11.3. The molecule has 0 spiro atoms. The highest BCUT2D eigenvalue weighted by atomic mass is 16.6. The Bertz CT molecular complexity index is 1070. The van der Waals surface area contributed by atoms with E-state index in [1.54, 1.807) is 19.4 Å². The molecular formula is C33H50O7. The van der Waals surface area contributed by atoms with Gasteiger partial charge in [-0.2, -0.15) is 0 Å². The lowest BCUT2D eigenvalue weighted by Crippen LogP contribution is -2.48. The molecule has 0 aromatic heterocycles. The first-order valence-corrected chi connectivity index (χ1v) is 15.2. The van der Waals surface area contributed by atoms with E-state index >= 15 is 0 Å². The number of ether oxygens (including phenoxy) is 3. The van der Waals surface area contributed by atoms with E-state index in [0.717, 1.165) is 44.9 Å². The van der Waals surface area contributed by atoms with Crippen molar-refractivity contribution in [1.82, 2.24) is 0 Å². The number of esters is 3. The molecule has 4 aliphatic rings. The Morgan fingerprint density at radius 1 is 1.02 bits per heavy atom. The number of rotatable bonds is 8. The lowest BCUT2D eigenvalue weighted by molar-refractivity contribution is -0.167. The van der Waals surface area contributed by atoms with Crippen LogP contribution < -0.4 is 0 Å². The van der Waals surface area contributed by atoms with Crippen LogP contribution in [0.25, 0.3) is 0 Å². The Balaban J connectivity index is 1.58. The van der Waals surface area contributed by atoms with Crippen LogP contribution in [0.3, 0.4) is 0 Å². The molecule has 0 amide bonds. The molecular weight excluding hydrogens is 508 g/mol. The molecule has 1 N–H and O–H groups in total. The van der Waals surface area contributed by atoms with Gasteiger partial charge in [0, 0.05) is 26.7 Å². The van der Waals surface area contributed by atoms with E-state index in [1.807, 2.05) is 0 Å². The molecule has 7 nitrogen and oxygen atoms in total. The molecule has 0 bridgehead atoms. The first-order chi connectivity index (χ1) is 18.6. The van der Waals surface area contributed by atoms with E-state index in [1.165, 1.54) is 26.5 Å². The summed E-state index contributed by atoms with van der Waals surface area (Å²) in [6, 6.07) is 0. The van der Waals surface area contributed by atoms with Gasteiger partial charge in [0.2, 0.25) is 0 Å². The van der Waals surface area contributed by atoms with Crippen molar-refractivity contribution in [2.45, 2.75) is 118 Å². The van der Waals surface area contributed by atoms with Gasteiger partial charge in [0.05, 0.1) is 18.6 Å². The van der Waals surface area contributed by atoms with Crippen LogP contribution in [-0.4, -0.2) is 47.9 Å². The molecule has 224 valence electrons. The van der Waals surface area contributed by atoms with Gasteiger partial charge in [-0.25, -0.2) is 0 Å². The molecule has 40 heavy (non-hydrogen) atoms. The fourth-order valence-corrected chi connectivity index (χ4v) is 9.08. The molecule has 4 aliphatic carbocycles. The summed E-state index contributed by atoms with van der Waals surface area (Å²) in [5, 5.41) is 10.8. The molecule has 0 aromatic carbocycles. The fourth-order valence-electron chi connectivity index (χ4n) is 9.08. The van der Waals surface area contributed by atoms with Crippen LogP contribution in [0.5, 0.6) is 0 Å². The second-order valence-electron chi connectivity index (χ2n) is 14.1. The van der Waals surface area contributed by atoms with Crippen LogP contribution in [-0.2, 0) is 28.6 Å². The average Bonchev–Trinajstić information content (AvgIpc) is 3.22. The number of allylic oxidation sites excluding steroid dienone is 3. The van der Waals surface area contributed by atoms with Gasteiger partial charge < -0.3 is 19.3 Å². The molecule has 0 aromatic rings. The Labute approximate surface area is 240 Å². The maximum atomic E-state index is 13.1. The highest BCUT2D eigenvalue weighted by Crippen LogP contribution is 2.66. The molecule has 2 unspecified atom stereocenters. The maximum absolute atomic E-state index is 13.1. The topological polar surface area (TPSA) is 99.1 Å². The number of fused-ring (bicyclic) bond motifs is 5. The van der Waals surface area contributed by atoms with Gasteiger partial charge in [0.15, 0.2) is 0 Å². The molecule has 0 radical (unpaired) electrons. The van der Waals surface area contributed by atoms with Crippen molar-refractivity contribution in [3.63, 3.8) is 0 Å². The van der Waals surface area contributed by atoms with Gasteiger partial charge in [-0.1, -0.05) is 44.1 Å². The molecule has 0 saturated heterocycles. The van der Waals surface area contributed by atoms with Gasteiger partial charge in [-0.15, -0.1) is 0 Å². The van der Waals surface area contributed by atoms with E-state index in [4.69, 9.17) is 14.2 Å². The Hall–Kier alpha value is -2.15. The molecule has 0 aliphatic heterocycles. The van der Waals surface area contributed by atoms with Crippen molar-refractivity contribution in [3.05, 3.63) is 23.3 Å². The van der Waals surface area contributed by atoms with Gasteiger partial charge in [0.25, 0.3) is 0 Å². The normalized spacial score (nSPS) is 35.5. The lowest BCUT2D eigenvalue weighted by atomic mass is 9.49. The largest absolute Gasteiger partial charge is 0.469 e. The number of hydrogen-bond donors (Lipinski definition) is 1. The number of carbonyl (C=O) groups excluding carboxylic acids is 3. The number of hydrogen-bond acceptors (Lipinski definition) is 7. The minimum atomic E-state index is -1.28. The standard InChI is InChI=1S/C33H50O7/c1-19(25(30(36)38-8)18-29(31(4,5)37)40-21(3)35)26-11-12-27-24-10-9-22-17-23(39-20(2)34)13-15-32(22,6)28(24)14-16-33(26,27)7/h9-10,19,23,25-29,37H,11-18H2,1-8H3/t19-,23+,25?,26-,27+,28+,29?,32+,33-/m1/s1. The van der Waals surface area contributed by atoms with E-state index in [9.17, 15) is 19.5 Å². The smallest absolute Gasteiger partial charge is 0.309 e. The second kappa shape index (κ2) is 11.3. The number of methoxy groups -OCH3 is 1. The van der Waals surface area contributed by atoms with Crippen molar-refractivity contribution in [2.75, 3.05) is 7.11 Å². The summed E-state index contributed by atoms with van der Waals surface area (Å²) in [6.45, 7) is 13.0. The van der Waals surface area contributed by atoms with E-state index in [-0.39, 0.29) is 41.2 Å². The predicted molar refractivity (Wildman–Crippen MR) is 152 cm³/mol. The quantitative estimate of drug-likeness (QED) is 0.291. The van der Waals surface area contributed by atoms with Crippen molar-refractivity contribution >= 4 is 17.9 Å². The maximum Gasteiger partial charge on any atom is 0.309 e. The summed E-state index contributed by atoms with van der Waals surface area (Å²) in [6.07, 6.45) is 11.2. The Morgan fingerprint density at radius 2 is 1.73 bits per heavy atom. The van der Waals surface area contributed by atoms with Crippen molar-refractivity contribution in [3.8, 4) is 0 Å². The number of carbonyl (C=O) groups is 3. The summed E-state index contributed by atoms with van der Waals surface area (Å²) in [4.78, 5) is 36.6. The molecule has 9 atom stereocenters. The van der Waals surface area contributed by atoms with Crippen LogP contribution in [0.1, 0.15) is 99.8 Å². The fraction of sp³-hybridized carbons (Fsp3) is 0.788. The van der Waals surface area contributed by atoms with Crippen LogP contribution in [0, 0.1) is 40.4 Å². The second-order valence-corrected chi connectivity index (χ2v) is 14.1. The van der Waals surface area contributed by atoms with Gasteiger partial charge in [-0.05, 0) is 86.9 Å². The van der Waals surface area contributed by atoms with E-state index < -0.39 is 23.6 Å². The average molecular weight is 559 g/mol. The summed E-state index contributed by atoms with van der Waals surface area (Å²) >= 11 is 0. The first-order valence-electron chi connectivity index (χ1n) is 15.2. The molecule has 0 heterocycles. The molecule has 4 rings (SSSR count). The van der Waals surface area contributed by atoms with Crippen LogP contribution >= 0.6 is 0 Å². The molecule has 3 saturated carbocycles. The zero-order chi connectivity index (χ0) is 29.6. The lowest BCUT2D eigenvalue weighted by Gasteiger charge is -2.55. The molecule has 3 fully saturated rings. The SMILES string of the molecule is COC(=O)C(CC(OC(C)=O)C(C)(C)O)[C@@H](C)[C@H]1CC[C@H]2C3=CC=C4C[C@@H](OC(C)=O)CC[C@]4(C)[C@H]3CC[C@]12C. The van der Waals surface area contributed by atoms with E-state index in [2.05, 4.69) is 32.9 Å². The van der Waals surface area contributed by atoms with Gasteiger partial charge in [0.1, 0.15) is 12.2 Å². The Morgan fingerprint density at radius 3 is 2.33 bits per heavy atom. The minimum Gasteiger partial charge on any atom is -0.469 e. The van der Waals surface area contributed by atoms with Gasteiger partial charge >= 0.3 is 17.9 Å². The summed E-state index contributed by atoms with van der Waals surface area (Å²) in [5.41, 5.74) is 1.85. The number of aliphatic hydroxyl groups is 1. The molecule has 7 heteroatoms. The summed E-state index contributed by atoms with van der Waals surface area (Å²) in [7, 11) is 1.41. The van der Waals surface area contributed by atoms with Crippen molar-refractivity contribution < 1.29 is 33.7 Å². The monoisotopic (exact) mass is 558 g/mol. The highest BCUT2D eigenvalue weighted by molar-refractivity contribution is 5.73. The van der Waals surface area contributed by atoms with Crippen molar-refractivity contribution in [1.29, 1.82) is 0 Å². The first kappa shape index (κ1) is 30.8. The van der Waals surface area contributed by atoms with E-state index in [0.29, 0.717) is 17.8 Å². The predicted octanol–water partition coefficient (Wildman–Crippen LogP) is 5.94. The highest BCUT2D eigenvalue weighted by Gasteiger charge is 2.58.